The zero-order valence-corrected chi connectivity index (χ0v) is 6.17. The van der Waals surface area contributed by atoms with Crippen molar-refractivity contribution in [1.82, 2.24) is 0 Å². The molecule has 0 aromatic carbocycles. The molecular weight excluding hydrogens is 112 g/mol. The molecule has 0 saturated heterocycles. The highest BCUT2D eigenvalue weighted by molar-refractivity contribution is 4.95. The molecule has 2 heteroatoms. The molecule has 0 spiro atoms. The van der Waals surface area contributed by atoms with Crippen LogP contribution in [0.1, 0.15) is 20.3 Å². The predicted octanol–water partition coefficient (Wildman–Crippen LogP) is 0.317. The van der Waals surface area contributed by atoms with Gasteiger partial charge in [0.2, 0.25) is 0 Å². The molecule has 54 valence electrons. The quantitative estimate of drug-likeness (QED) is 0.562. The number of nitrogens with two attached hydrogens (primary N) is 2. The van der Waals surface area contributed by atoms with E-state index in [4.69, 9.17) is 11.5 Å². The molecule has 0 bridgehead atoms. The Bertz CT molecular complexity index is 101. The molecule has 4 atom stereocenters. The normalized spacial score (nSPS) is 40.0. The third-order valence-corrected chi connectivity index (χ3v) is 2.40. The third-order valence-electron chi connectivity index (χ3n) is 2.40. The van der Waals surface area contributed by atoms with Crippen molar-refractivity contribution in [2.24, 2.45) is 23.3 Å². The van der Waals surface area contributed by atoms with Gasteiger partial charge < -0.3 is 11.5 Å². The van der Waals surface area contributed by atoms with Gasteiger partial charge >= 0.3 is 0 Å². The minimum atomic E-state index is 0.309. The van der Waals surface area contributed by atoms with Crippen molar-refractivity contribution < 1.29 is 0 Å². The van der Waals surface area contributed by atoms with Gasteiger partial charge in [-0.2, -0.15) is 0 Å². The average molecular weight is 128 g/mol. The van der Waals surface area contributed by atoms with Crippen LogP contribution in [0.5, 0.6) is 0 Å². The lowest BCUT2D eigenvalue weighted by atomic mass is 9.99. The van der Waals surface area contributed by atoms with E-state index in [-0.39, 0.29) is 0 Å². The minimum Gasteiger partial charge on any atom is -0.328 e. The second kappa shape index (κ2) is 2.27. The first-order valence-electron chi connectivity index (χ1n) is 3.64. The fourth-order valence-electron chi connectivity index (χ4n) is 1.23. The Hall–Kier alpha value is -0.0800. The van der Waals surface area contributed by atoms with E-state index in [0.29, 0.717) is 23.9 Å². The van der Waals surface area contributed by atoms with Gasteiger partial charge in [0.05, 0.1) is 0 Å². The highest BCUT2D eigenvalue weighted by atomic mass is 14.8. The van der Waals surface area contributed by atoms with Crippen molar-refractivity contribution in [3.63, 3.8) is 0 Å². The van der Waals surface area contributed by atoms with Crippen LogP contribution < -0.4 is 11.5 Å². The average Bonchev–Trinajstić information content (AvgIpc) is 2.44. The molecule has 1 saturated carbocycles. The molecule has 4 unspecified atom stereocenters. The summed E-state index contributed by atoms with van der Waals surface area (Å²) >= 11 is 0. The Morgan fingerprint density at radius 3 is 2.00 bits per heavy atom. The molecule has 4 N–H and O–H groups in total. The van der Waals surface area contributed by atoms with Crippen LogP contribution in [0, 0.1) is 11.8 Å². The van der Waals surface area contributed by atoms with Gasteiger partial charge in [0.25, 0.3) is 0 Å². The van der Waals surface area contributed by atoms with Crippen LogP contribution in [0.15, 0.2) is 0 Å². The van der Waals surface area contributed by atoms with E-state index < -0.39 is 0 Å². The zero-order valence-electron chi connectivity index (χ0n) is 6.17. The maximum absolute atomic E-state index is 5.68. The Morgan fingerprint density at radius 1 is 1.44 bits per heavy atom. The number of rotatable bonds is 2. The third kappa shape index (κ3) is 1.43. The molecule has 2 nitrogen and oxygen atoms in total. The molecule has 0 radical (unpaired) electrons. The van der Waals surface area contributed by atoms with Crippen LogP contribution in [0.3, 0.4) is 0 Å². The summed E-state index contributed by atoms with van der Waals surface area (Å²) in [6, 6.07) is 0.759. The molecule has 0 heterocycles. The van der Waals surface area contributed by atoms with Gasteiger partial charge in [0, 0.05) is 12.1 Å². The summed E-state index contributed by atoms with van der Waals surface area (Å²) in [6.07, 6.45) is 1.18. The Balaban J connectivity index is 2.27. The van der Waals surface area contributed by atoms with Crippen molar-refractivity contribution in [1.29, 1.82) is 0 Å². The van der Waals surface area contributed by atoms with Gasteiger partial charge in [-0.1, -0.05) is 6.92 Å². The fraction of sp³-hybridized carbons (Fsp3) is 1.00. The highest BCUT2D eigenvalue weighted by Crippen LogP contribution is 2.36. The summed E-state index contributed by atoms with van der Waals surface area (Å²) in [5.41, 5.74) is 11.3. The summed E-state index contributed by atoms with van der Waals surface area (Å²) in [7, 11) is 0. The van der Waals surface area contributed by atoms with Crippen molar-refractivity contribution in [2.75, 3.05) is 0 Å². The summed E-state index contributed by atoms with van der Waals surface area (Å²) in [5, 5.41) is 0. The molecule has 0 amide bonds. The summed E-state index contributed by atoms with van der Waals surface area (Å²) in [5.74, 6) is 1.32. The smallest absolute Gasteiger partial charge is 0.00741 e. The van der Waals surface area contributed by atoms with Crippen LogP contribution in [0.2, 0.25) is 0 Å². The molecular formula is C7H16N2. The van der Waals surface area contributed by atoms with Crippen molar-refractivity contribution >= 4 is 0 Å². The van der Waals surface area contributed by atoms with Crippen LogP contribution in [0.25, 0.3) is 0 Å². The van der Waals surface area contributed by atoms with Gasteiger partial charge in [-0.15, -0.1) is 0 Å². The largest absolute Gasteiger partial charge is 0.328 e. The first kappa shape index (κ1) is 7.03. The lowest BCUT2D eigenvalue weighted by Gasteiger charge is -2.13. The monoisotopic (exact) mass is 128 g/mol. The number of hydrogen-bond acceptors (Lipinski definition) is 2. The molecule has 0 aromatic rings. The Morgan fingerprint density at radius 2 is 1.89 bits per heavy atom. The van der Waals surface area contributed by atoms with Gasteiger partial charge in [0.1, 0.15) is 0 Å². The first-order chi connectivity index (χ1) is 4.13. The number of hydrogen-bond donors (Lipinski definition) is 2. The summed E-state index contributed by atoms with van der Waals surface area (Å²) in [6.45, 7) is 4.23. The van der Waals surface area contributed by atoms with Gasteiger partial charge in [-0.3, -0.25) is 0 Å². The Kier molecular flexibility index (Phi) is 1.78. The maximum atomic E-state index is 5.68. The van der Waals surface area contributed by atoms with Crippen molar-refractivity contribution in [3.05, 3.63) is 0 Å². The standard InChI is InChI=1S/C7H16N2/c1-4(5(2)8)6-3-7(6)9/h4-7H,3,8-9H2,1-2H3. The van der Waals surface area contributed by atoms with Crippen LogP contribution in [-0.2, 0) is 0 Å². The molecule has 1 aliphatic carbocycles. The predicted molar refractivity (Wildman–Crippen MR) is 38.9 cm³/mol. The highest BCUT2D eigenvalue weighted by Gasteiger charge is 2.38. The van der Waals surface area contributed by atoms with Crippen molar-refractivity contribution in [3.8, 4) is 0 Å². The van der Waals surface area contributed by atoms with Crippen LogP contribution in [0.4, 0.5) is 0 Å². The van der Waals surface area contributed by atoms with E-state index in [1.54, 1.807) is 0 Å². The van der Waals surface area contributed by atoms with Gasteiger partial charge in [-0.05, 0) is 25.2 Å². The molecule has 0 aromatic heterocycles. The van der Waals surface area contributed by atoms with E-state index in [1.165, 1.54) is 6.42 Å². The zero-order chi connectivity index (χ0) is 7.02. The molecule has 0 aliphatic heterocycles. The Labute approximate surface area is 56.6 Å². The summed E-state index contributed by atoms with van der Waals surface area (Å²) < 4.78 is 0. The maximum Gasteiger partial charge on any atom is 0.00741 e. The van der Waals surface area contributed by atoms with Gasteiger partial charge in [0.15, 0.2) is 0 Å². The molecule has 9 heavy (non-hydrogen) atoms. The lowest BCUT2D eigenvalue weighted by Crippen LogP contribution is -2.27. The second-order valence-corrected chi connectivity index (χ2v) is 3.28. The topological polar surface area (TPSA) is 52.0 Å². The molecule has 1 rings (SSSR count). The van der Waals surface area contributed by atoms with E-state index in [0.717, 1.165) is 0 Å². The fourth-order valence-corrected chi connectivity index (χ4v) is 1.23. The SMILES string of the molecule is CC(N)C(C)C1CC1N. The molecule has 1 fully saturated rings. The van der Waals surface area contributed by atoms with Crippen LogP contribution in [-0.4, -0.2) is 12.1 Å². The van der Waals surface area contributed by atoms with Gasteiger partial charge in [-0.25, -0.2) is 0 Å². The minimum absolute atomic E-state index is 0.309. The second-order valence-electron chi connectivity index (χ2n) is 3.28. The first-order valence-corrected chi connectivity index (χ1v) is 3.64. The van der Waals surface area contributed by atoms with Crippen LogP contribution >= 0.6 is 0 Å². The summed E-state index contributed by atoms with van der Waals surface area (Å²) in [4.78, 5) is 0. The lowest BCUT2D eigenvalue weighted by molar-refractivity contribution is 0.421. The van der Waals surface area contributed by atoms with E-state index in [9.17, 15) is 0 Å². The van der Waals surface area contributed by atoms with E-state index in [1.807, 2.05) is 0 Å². The van der Waals surface area contributed by atoms with E-state index in [2.05, 4.69) is 13.8 Å². The molecule has 1 aliphatic rings. The van der Waals surface area contributed by atoms with E-state index >= 15 is 0 Å². The van der Waals surface area contributed by atoms with Crippen molar-refractivity contribution in [2.45, 2.75) is 32.4 Å².